The van der Waals surface area contributed by atoms with Crippen molar-refractivity contribution < 1.29 is 13.2 Å². The fourth-order valence-corrected chi connectivity index (χ4v) is 1.83. The van der Waals surface area contributed by atoms with Crippen LogP contribution in [0.2, 0.25) is 0 Å². The van der Waals surface area contributed by atoms with Gasteiger partial charge >= 0.3 is 6.18 Å². The summed E-state index contributed by atoms with van der Waals surface area (Å²) in [7, 11) is 0. The van der Waals surface area contributed by atoms with Gasteiger partial charge in [0.15, 0.2) is 5.65 Å². The Hall–Kier alpha value is -2.10. The minimum absolute atomic E-state index is 0.0113. The summed E-state index contributed by atoms with van der Waals surface area (Å²) in [5, 5.41) is 9.12. The second-order valence-corrected chi connectivity index (χ2v) is 4.38. The van der Waals surface area contributed by atoms with Crippen LogP contribution >= 0.6 is 0 Å². The molecule has 5 N–H and O–H groups in total. The molecule has 2 aromatic heterocycles. The number of halogens is 3. The van der Waals surface area contributed by atoms with Crippen LogP contribution in [0, 0.1) is 0 Å². The summed E-state index contributed by atoms with van der Waals surface area (Å²) < 4.78 is 38.8. The first kappa shape index (κ1) is 12.0. The Bertz CT molecular complexity index is 616. The number of hydrogen-bond donors (Lipinski definition) is 4. The molecule has 1 aliphatic carbocycles. The third-order valence-corrected chi connectivity index (χ3v) is 3.09. The van der Waals surface area contributed by atoms with Gasteiger partial charge in [-0.25, -0.2) is 5.84 Å². The van der Waals surface area contributed by atoms with E-state index in [1.54, 1.807) is 0 Å². The monoisotopic (exact) mass is 273 g/mol. The van der Waals surface area contributed by atoms with Gasteiger partial charge in [-0.3, -0.25) is 10.5 Å². The Labute approximate surface area is 104 Å². The number of hydrogen-bond acceptors (Lipinski definition) is 6. The first-order chi connectivity index (χ1) is 8.95. The average Bonchev–Trinajstić information content (AvgIpc) is 2.98. The lowest BCUT2D eigenvalue weighted by Crippen LogP contribution is -2.39. The molecule has 0 unspecified atom stereocenters. The van der Waals surface area contributed by atoms with Gasteiger partial charge in [0.25, 0.3) is 0 Å². The highest BCUT2D eigenvalue weighted by atomic mass is 19.4. The lowest BCUT2D eigenvalue weighted by atomic mass is 10.2. The third kappa shape index (κ3) is 1.84. The van der Waals surface area contributed by atoms with Gasteiger partial charge in [-0.1, -0.05) is 0 Å². The van der Waals surface area contributed by atoms with Crippen LogP contribution in [-0.2, 0) is 0 Å². The Kier molecular flexibility index (Phi) is 2.33. The minimum atomic E-state index is -4.33. The van der Waals surface area contributed by atoms with Crippen LogP contribution in [0.1, 0.15) is 12.8 Å². The third-order valence-electron chi connectivity index (χ3n) is 3.09. The van der Waals surface area contributed by atoms with Crippen molar-refractivity contribution in [2.24, 2.45) is 5.84 Å². The number of anilines is 2. The minimum Gasteiger partial charge on any atom is -0.355 e. The van der Waals surface area contributed by atoms with Crippen LogP contribution < -0.4 is 16.6 Å². The van der Waals surface area contributed by atoms with Gasteiger partial charge in [-0.2, -0.15) is 28.2 Å². The van der Waals surface area contributed by atoms with Gasteiger partial charge in [0.1, 0.15) is 11.4 Å². The van der Waals surface area contributed by atoms with Crippen LogP contribution in [0.5, 0.6) is 0 Å². The highest BCUT2D eigenvalue weighted by Gasteiger charge is 2.63. The van der Waals surface area contributed by atoms with E-state index in [1.165, 1.54) is 6.20 Å². The average molecular weight is 273 g/mol. The fraction of sp³-hybridized carbons (Fsp3) is 0.444. The SMILES string of the molecule is NNc1nc(NC2(C(F)(F)F)CC2)c2cn[nH]c2n1. The van der Waals surface area contributed by atoms with E-state index in [0.717, 1.165) is 0 Å². The summed E-state index contributed by atoms with van der Waals surface area (Å²) in [5.41, 5.74) is 0.606. The van der Waals surface area contributed by atoms with Crippen molar-refractivity contribution >= 4 is 22.8 Å². The van der Waals surface area contributed by atoms with Gasteiger partial charge in [0.2, 0.25) is 5.95 Å². The van der Waals surface area contributed by atoms with Crippen molar-refractivity contribution in [2.75, 3.05) is 10.7 Å². The number of H-pyrrole nitrogens is 1. The quantitative estimate of drug-likeness (QED) is 0.494. The summed E-state index contributed by atoms with van der Waals surface area (Å²) in [6, 6.07) is 0. The van der Waals surface area contributed by atoms with Gasteiger partial charge in [-0.15, -0.1) is 0 Å². The van der Waals surface area contributed by atoms with E-state index < -0.39 is 11.7 Å². The molecular formula is C9H10F3N7. The molecule has 7 nitrogen and oxygen atoms in total. The zero-order chi connectivity index (χ0) is 13.7. The van der Waals surface area contributed by atoms with Crippen molar-refractivity contribution in [2.45, 2.75) is 24.6 Å². The maximum absolute atomic E-state index is 12.9. The second-order valence-electron chi connectivity index (χ2n) is 4.38. The van der Waals surface area contributed by atoms with Crippen LogP contribution in [-0.4, -0.2) is 31.9 Å². The molecule has 1 saturated carbocycles. The van der Waals surface area contributed by atoms with Crippen molar-refractivity contribution in [1.29, 1.82) is 0 Å². The van der Waals surface area contributed by atoms with E-state index in [4.69, 9.17) is 5.84 Å². The summed E-state index contributed by atoms with van der Waals surface area (Å²) in [6.45, 7) is 0. The van der Waals surface area contributed by atoms with Gasteiger partial charge in [0, 0.05) is 0 Å². The number of aromatic nitrogens is 4. The predicted octanol–water partition coefficient (Wildman–Crippen LogP) is 1.15. The smallest absolute Gasteiger partial charge is 0.355 e. The van der Waals surface area contributed by atoms with Crippen molar-refractivity contribution in [3.8, 4) is 0 Å². The van der Waals surface area contributed by atoms with E-state index in [0.29, 0.717) is 11.0 Å². The zero-order valence-electron chi connectivity index (χ0n) is 9.54. The van der Waals surface area contributed by atoms with Crippen LogP contribution in [0.15, 0.2) is 6.20 Å². The first-order valence-corrected chi connectivity index (χ1v) is 5.48. The van der Waals surface area contributed by atoms with Gasteiger partial charge in [0.05, 0.1) is 11.6 Å². The van der Waals surface area contributed by atoms with E-state index >= 15 is 0 Å². The molecule has 102 valence electrons. The van der Waals surface area contributed by atoms with Crippen LogP contribution in [0.4, 0.5) is 24.9 Å². The summed E-state index contributed by atoms with van der Waals surface area (Å²) in [5.74, 6) is 5.25. The molecule has 0 radical (unpaired) electrons. The van der Waals surface area contributed by atoms with Gasteiger partial charge in [-0.05, 0) is 12.8 Å². The van der Waals surface area contributed by atoms with E-state index in [9.17, 15) is 13.2 Å². The number of nitrogens with zero attached hydrogens (tertiary/aromatic N) is 3. The summed E-state index contributed by atoms with van der Waals surface area (Å²) in [4.78, 5) is 7.85. The molecule has 2 aromatic rings. The molecule has 0 saturated heterocycles. The largest absolute Gasteiger partial charge is 0.411 e. The van der Waals surface area contributed by atoms with E-state index in [1.807, 2.05) is 0 Å². The van der Waals surface area contributed by atoms with E-state index in [-0.39, 0.29) is 24.6 Å². The molecule has 2 heterocycles. The molecule has 0 aliphatic heterocycles. The molecule has 0 atom stereocenters. The molecule has 1 fully saturated rings. The number of hydrazine groups is 1. The number of aromatic amines is 1. The summed E-state index contributed by atoms with van der Waals surface area (Å²) in [6.07, 6.45) is -2.93. The van der Waals surface area contributed by atoms with Crippen LogP contribution in [0.3, 0.4) is 0 Å². The standard InChI is InChI=1S/C9H10F3N7/c10-9(11,12)8(1-2-8)17-5-4-3-14-19-6(4)16-7(15-5)18-13/h3H,1-2,13H2,(H3,14,15,16,17,18,19). The molecule has 0 amide bonds. The first-order valence-electron chi connectivity index (χ1n) is 5.48. The lowest BCUT2D eigenvalue weighted by Gasteiger charge is -2.21. The molecule has 19 heavy (non-hydrogen) atoms. The lowest BCUT2D eigenvalue weighted by molar-refractivity contribution is -0.151. The number of nitrogens with two attached hydrogens (primary N) is 1. The highest BCUT2D eigenvalue weighted by molar-refractivity contribution is 5.87. The Balaban J connectivity index is 2.03. The van der Waals surface area contributed by atoms with Crippen molar-refractivity contribution in [3.63, 3.8) is 0 Å². The molecule has 3 rings (SSSR count). The maximum Gasteiger partial charge on any atom is 0.411 e. The Morgan fingerprint density at radius 2 is 2.05 bits per heavy atom. The topological polar surface area (TPSA) is 105 Å². The molecule has 0 bridgehead atoms. The number of nitrogens with one attached hydrogen (secondary N) is 3. The Morgan fingerprint density at radius 1 is 1.32 bits per heavy atom. The molecule has 10 heteroatoms. The fourth-order valence-electron chi connectivity index (χ4n) is 1.83. The highest BCUT2D eigenvalue weighted by Crippen LogP contribution is 2.51. The van der Waals surface area contributed by atoms with E-state index in [2.05, 4.69) is 30.9 Å². The van der Waals surface area contributed by atoms with Crippen molar-refractivity contribution in [1.82, 2.24) is 20.2 Å². The van der Waals surface area contributed by atoms with Crippen LogP contribution in [0.25, 0.3) is 11.0 Å². The normalized spacial score (nSPS) is 17.5. The van der Waals surface area contributed by atoms with Gasteiger partial charge < -0.3 is 5.32 Å². The second kappa shape index (κ2) is 3.70. The number of rotatable bonds is 3. The predicted molar refractivity (Wildman–Crippen MR) is 61.1 cm³/mol. The molecule has 1 aliphatic rings. The number of nitrogen functional groups attached to an aromatic ring is 1. The number of alkyl halides is 3. The molecule has 0 spiro atoms. The molecule has 0 aromatic carbocycles. The Morgan fingerprint density at radius 3 is 2.63 bits per heavy atom. The number of fused-ring (bicyclic) bond motifs is 1. The van der Waals surface area contributed by atoms with Crippen molar-refractivity contribution in [3.05, 3.63) is 6.20 Å². The summed E-state index contributed by atoms with van der Waals surface area (Å²) >= 11 is 0. The maximum atomic E-state index is 12.9. The zero-order valence-corrected chi connectivity index (χ0v) is 9.54. The molecular weight excluding hydrogens is 263 g/mol.